The summed E-state index contributed by atoms with van der Waals surface area (Å²) < 4.78 is 38.1. The second kappa shape index (κ2) is 11.7. The minimum Gasteiger partial charge on any atom is -0.484 e. The van der Waals surface area contributed by atoms with Gasteiger partial charge in [-0.3, -0.25) is 14.3 Å². The fraction of sp³-hybridized carbons (Fsp3) is 0.200. The summed E-state index contributed by atoms with van der Waals surface area (Å²) in [7, 11) is -3.82. The lowest BCUT2D eigenvalue weighted by molar-refractivity contribution is -0.142. The van der Waals surface area contributed by atoms with Crippen LogP contribution in [0.5, 0.6) is 5.75 Å². The zero-order valence-corrected chi connectivity index (χ0v) is 20.8. The standard InChI is InChI=1S/C25H25ClN2O6S/c1-3-33-25(30)14-18-5-8-19(9-6-18)27-24(29)16-34-21-10-12-22(13-11-21)35(31,32)28-20-7-4-17(2)23(26)15-20/h4-13,15,28H,3,14,16H2,1-2H3,(H,27,29). The van der Waals surface area contributed by atoms with Gasteiger partial charge in [0.25, 0.3) is 15.9 Å². The summed E-state index contributed by atoms with van der Waals surface area (Å²) in [5.74, 6) is -0.369. The number of ether oxygens (including phenoxy) is 2. The number of hydrogen-bond donors (Lipinski definition) is 2. The second-order valence-corrected chi connectivity index (χ2v) is 9.65. The summed E-state index contributed by atoms with van der Waals surface area (Å²) in [5.41, 5.74) is 2.51. The third-order valence-electron chi connectivity index (χ3n) is 4.82. The number of hydrogen-bond acceptors (Lipinski definition) is 6. The first-order chi connectivity index (χ1) is 16.7. The maximum Gasteiger partial charge on any atom is 0.310 e. The van der Waals surface area contributed by atoms with Gasteiger partial charge in [-0.2, -0.15) is 0 Å². The van der Waals surface area contributed by atoms with E-state index in [1.165, 1.54) is 24.3 Å². The quantitative estimate of drug-likeness (QED) is 0.382. The summed E-state index contributed by atoms with van der Waals surface area (Å²) in [6, 6.07) is 17.4. The van der Waals surface area contributed by atoms with Crippen LogP contribution < -0.4 is 14.8 Å². The summed E-state index contributed by atoms with van der Waals surface area (Å²) >= 11 is 6.06. The van der Waals surface area contributed by atoms with Crippen LogP contribution in [0.1, 0.15) is 18.1 Å². The second-order valence-electron chi connectivity index (χ2n) is 7.56. The molecule has 0 saturated heterocycles. The molecule has 3 aromatic rings. The lowest BCUT2D eigenvalue weighted by atomic mass is 10.1. The predicted octanol–water partition coefficient (Wildman–Crippen LogP) is 4.57. The third-order valence-corrected chi connectivity index (χ3v) is 6.62. The lowest BCUT2D eigenvalue weighted by Gasteiger charge is -2.11. The van der Waals surface area contributed by atoms with Crippen molar-refractivity contribution in [3.8, 4) is 5.75 Å². The maximum atomic E-state index is 12.6. The number of aryl methyl sites for hydroxylation is 1. The normalized spacial score (nSPS) is 10.9. The van der Waals surface area contributed by atoms with Crippen LogP contribution in [0.3, 0.4) is 0 Å². The molecule has 10 heteroatoms. The van der Waals surface area contributed by atoms with E-state index in [1.807, 2.05) is 6.92 Å². The highest BCUT2D eigenvalue weighted by molar-refractivity contribution is 7.92. The van der Waals surface area contributed by atoms with Gasteiger partial charge in [0.2, 0.25) is 0 Å². The summed E-state index contributed by atoms with van der Waals surface area (Å²) in [5, 5.41) is 3.15. The molecule has 0 aliphatic heterocycles. The monoisotopic (exact) mass is 516 g/mol. The molecule has 0 heterocycles. The molecule has 0 fully saturated rings. The molecule has 184 valence electrons. The zero-order chi connectivity index (χ0) is 25.4. The molecular weight excluding hydrogens is 492 g/mol. The average Bonchev–Trinajstić information content (AvgIpc) is 2.82. The maximum absolute atomic E-state index is 12.6. The van der Waals surface area contributed by atoms with E-state index < -0.39 is 15.9 Å². The van der Waals surface area contributed by atoms with Crippen LogP contribution in [0.4, 0.5) is 11.4 Å². The summed E-state index contributed by atoms with van der Waals surface area (Å²) in [4.78, 5) is 23.7. The average molecular weight is 517 g/mol. The zero-order valence-electron chi connectivity index (χ0n) is 19.2. The molecule has 0 aliphatic carbocycles. The Hall–Kier alpha value is -3.56. The Labute approximate surface area is 209 Å². The number of esters is 1. The van der Waals surface area contributed by atoms with Gasteiger partial charge in [-0.25, -0.2) is 8.42 Å². The number of rotatable bonds is 10. The molecule has 0 unspecified atom stereocenters. The van der Waals surface area contributed by atoms with Gasteiger partial charge in [-0.05, 0) is 73.5 Å². The van der Waals surface area contributed by atoms with Crippen LogP contribution in [0.15, 0.2) is 71.6 Å². The van der Waals surface area contributed by atoms with Gasteiger partial charge < -0.3 is 14.8 Å². The molecule has 0 saturated carbocycles. The van der Waals surface area contributed by atoms with Crippen molar-refractivity contribution in [3.05, 3.63) is 82.9 Å². The highest BCUT2D eigenvalue weighted by Gasteiger charge is 2.15. The van der Waals surface area contributed by atoms with Crippen LogP contribution >= 0.6 is 11.6 Å². The highest BCUT2D eigenvalue weighted by Crippen LogP contribution is 2.23. The first-order valence-electron chi connectivity index (χ1n) is 10.7. The molecule has 0 atom stereocenters. The topological polar surface area (TPSA) is 111 Å². The highest BCUT2D eigenvalue weighted by atomic mass is 35.5. The number of nitrogens with one attached hydrogen (secondary N) is 2. The van der Waals surface area contributed by atoms with Crippen molar-refractivity contribution in [1.82, 2.24) is 0 Å². The fourth-order valence-corrected chi connectivity index (χ4v) is 4.25. The van der Waals surface area contributed by atoms with E-state index >= 15 is 0 Å². The number of halogens is 1. The summed E-state index contributed by atoms with van der Waals surface area (Å²) in [6.07, 6.45) is 0.158. The van der Waals surface area contributed by atoms with E-state index in [2.05, 4.69) is 10.0 Å². The molecule has 0 aromatic heterocycles. The van der Waals surface area contributed by atoms with E-state index in [-0.39, 0.29) is 23.9 Å². The third kappa shape index (κ3) is 7.73. The largest absolute Gasteiger partial charge is 0.484 e. The Balaban J connectivity index is 1.51. The Bertz CT molecular complexity index is 1290. The molecule has 1 amide bonds. The number of benzene rings is 3. The van der Waals surface area contributed by atoms with Crippen molar-refractivity contribution in [2.75, 3.05) is 23.3 Å². The van der Waals surface area contributed by atoms with Gasteiger partial charge in [0.1, 0.15) is 5.75 Å². The molecule has 0 aliphatic rings. The summed E-state index contributed by atoms with van der Waals surface area (Å²) in [6.45, 7) is 3.63. The molecule has 2 N–H and O–H groups in total. The Morgan fingerprint density at radius 2 is 1.60 bits per heavy atom. The van der Waals surface area contributed by atoms with E-state index in [0.29, 0.717) is 28.8 Å². The van der Waals surface area contributed by atoms with E-state index in [9.17, 15) is 18.0 Å². The van der Waals surface area contributed by atoms with Crippen LogP contribution in [0.25, 0.3) is 0 Å². The molecule has 0 radical (unpaired) electrons. The number of carbonyl (C=O) groups is 2. The van der Waals surface area contributed by atoms with Gasteiger partial charge >= 0.3 is 5.97 Å². The molecule has 35 heavy (non-hydrogen) atoms. The number of sulfonamides is 1. The Kier molecular flexibility index (Phi) is 8.73. The minimum absolute atomic E-state index is 0.0360. The fourth-order valence-electron chi connectivity index (χ4n) is 3.02. The lowest BCUT2D eigenvalue weighted by Crippen LogP contribution is -2.20. The van der Waals surface area contributed by atoms with Crippen LogP contribution in [0.2, 0.25) is 5.02 Å². The van der Waals surface area contributed by atoms with E-state index in [4.69, 9.17) is 21.1 Å². The van der Waals surface area contributed by atoms with Crippen molar-refractivity contribution >= 4 is 44.9 Å². The number of amides is 1. The van der Waals surface area contributed by atoms with Crippen LogP contribution in [0, 0.1) is 6.92 Å². The Morgan fingerprint density at radius 3 is 2.23 bits per heavy atom. The van der Waals surface area contributed by atoms with Gasteiger partial charge in [-0.15, -0.1) is 0 Å². The predicted molar refractivity (Wildman–Crippen MR) is 134 cm³/mol. The van der Waals surface area contributed by atoms with Crippen molar-refractivity contribution in [3.63, 3.8) is 0 Å². The van der Waals surface area contributed by atoms with Crippen molar-refractivity contribution in [2.24, 2.45) is 0 Å². The van der Waals surface area contributed by atoms with Crippen LogP contribution in [-0.4, -0.2) is 33.5 Å². The smallest absolute Gasteiger partial charge is 0.310 e. The van der Waals surface area contributed by atoms with Crippen molar-refractivity contribution in [2.45, 2.75) is 25.2 Å². The van der Waals surface area contributed by atoms with Crippen molar-refractivity contribution in [1.29, 1.82) is 0 Å². The van der Waals surface area contributed by atoms with Crippen LogP contribution in [-0.2, 0) is 30.8 Å². The molecule has 8 nitrogen and oxygen atoms in total. The first kappa shape index (κ1) is 26.1. The van der Waals surface area contributed by atoms with Gasteiger partial charge in [0.15, 0.2) is 6.61 Å². The SMILES string of the molecule is CCOC(=O)Cc1ccc(NC(=O)COc2ccc(S(=O)(=O)Nc3ccc(C)c(Cl)c3)cc2)cc1. The minimum atomic E-state index is -3.82. The van der Waals surface area contributed by atoms with Crippen molar-refractivity contribution < 1.29 is 27.5 Å². The van der Waals surface area contributed by atoms with Gasteiger partial charge in [-0.1, -0.05) is 29.8 Å². The number of anilines is 2. The first-order valence-corrected chi connectivity index (χ1v) is 12.6. The van der Waals surface area contributed by atoms with Gasteiger partial charge in [0, 0.05) is 10.7 Å². The Morgan fingerprint density at radius 1 is 0.943 bits per heavy atom. The van der Waals surface area contributed by atoms with E-state index in [0.717, 1.165) is 11.1 Å². The van der Waals surface area contributed by atoms with E-state index in [1.54, 1.807) is 49.4 Å². The molecule has 0 bridgehead atoms. The molecule has 3 aromatic carbocycles. The molecular formula is C25H25ClN2O6S. The molecule has 3 rings (SSSR count). The van der Waals surface area contributed by atoms with Gasteiger partial charge in [0.05, 0.1) is 23.6 Å². The number of carbonyl (C=O) groups excluding carboxylic acids is 2. The molecule has 0 spiro atoms.